The molecule has 0 amide bonds. The fourth-order valence-corrected chi connectivity index (χ4v) is 2.63. The van der Waals surface area contributed by atoms with Gasteiger partial charge in [0.25, 0.3) is 0 Å². The maximum Gasteiger partial charge on any atom is 0.0556 e. The summed E-state index contributed by atoms with van der Waals surface area (Å²) in [7, 11) is 0. The first-order valence-electron chi connectivity index (χ1n) is 4.44. The molecule has 1 aromatic rings. The van der Waals surface area contributed by atoms with Crippen LogP contribution in [0.2, 0.25) is 0 Å². The fourth-order valence-electron chi connectivity index (χ4n) is 1.24. The largest absolute Gasteiger partial charge is 0.395 e. The zero-order valence-corrected chi connectivity index (χ0v) is 11.1. The summed E-state index contributed by atoms with van der Waals surface area (Å²) < 4.78 is 2.13. The van der Waals surface area contributed by atoms with E-state index in [1.54, 1.807) is 0 Å². The van der Waals surface area contributed by atoms with Crippen LogP contribution in [0.15, 0.2) is 27.1 Å². The number of nitrogens with one attached hydrogen (secondary N) is 1. The van der Waals surface area contributed by atoms with Gasteiger partial charge in [-0.2, -0.15) is 0 Å². The summed E-state index contributed by atoms with van der Waals surface area (Å²) >= 11 is 6.91. The molecule has 2 nitrogen and oxygen atoms in total. The Morgan fingerprint density at radius 3 is 2.71 bits per heavy atom. The molecule has 1 rings (SSSR count). The number of hydrogen-bond donors (Lipinski definition) is 2. The van der Waals surface area contributed by atoms with Crippen molar-refractivity contribution in [2.75, 3.05) is 13.2 Å². The van der Waals surface area contributed by atoms with Gasteiger partial charge in [-0.3, -0.25) is 0 Å². The highest BCUT2D eigenvalue weighted by Gasteiger charge is 2.08. The minimum absolute atomic E-state index is 0.165. The van der Waals surface area contributed by atoms with E-state index < -0.39 is 0 Å². The number of rotatable bonds is 4. The third-order valence-corrected chi connectivity index (χ3v) is 3.17. The van der Waals surface area contributed by atoms with E-state index in [0.29, 0.717) is 6.54 Å². The van der Waals surface area contributed by atoms with Crippen molar-refractivity contribution in [3.63, 3.8) is 0 Å². The van der Waals surface area contributed by atoms with E-state index in [1.165, 1.54) is 5.56 Å². The molecule has 1 atom stereocenters. The number of hydrogen-bond acceptors (Lipinski definition) is 2. The zero-order valence-electron chi connectivity index (χ0n) is 7.93. The molecule has 0 aliphatic rings. The lowest BCUT2D eigenvalue weighted by molar-refractivity contribution is 0.286. The summed E-state index contributed by atoms with van der Waals surface area (Å²) in [4.78, 5) is 0. The minimum Gasteiger partial charge on any atom is -0.395 e. The third-order valence-electron chi connectivity index (χ3n) is 1.99. The first kappa shape index (κ1) is 12.2. The maximum atomic E-state index is 8.69. The smallest absolute Gasteiger partial charge is 0.0556 e. The molecule has 0 aliphatic heterocycles. The van der Waals surface area contributed by atoms with Crippen molar-refractivity contribution in [2.24, 2.45) is 0 Å². The molecule has 0 saturated carbocycles. The first-order valence-corrected chi connectivity index (χ1v) is 6.03. The van der Waals surface area contributed by atoms with Crippen LogP contribution in [0.4, 0.5) is 0 Å². The van der Waals surface area contributed by atoms with E-state index in [2.05, 4.69) is 50.2 Å². The monoisotopic (exact) mass is 321 g/mol. The summed E-state index contributed by atoms with van der Waals surface area (Å²) in [6.07, 6.45) is 0. The van der Waals surface area contributed by atoms with Crippen molar-refractivity contribution < 1.29 is 5.11 Å². The van der Waals surface area contributed by atoms with Crippen molar-refractivity contribution in [3.05, 3.63) is 32.7 Å². The van der Waals surface area contributed by atoms with Gasteiger partial charge in [-0.15, -0.1) is 0 Å². The summed E-state index contributed by atoms with van der Waals surface area (Å²) in [5, 5.41) is 11.9. The number of aliphatic hydroxyl groups is 1. The highest BCUT2D eigenvalue weighted by molar-refractivity contribution is 9.11. The van der Waals surface area contributed by atoms with Gasteiger partial charge in [-0.05, 0) is 24.6 Å². The fraction of sp³-hybridized carbons (Fsp3) is 0.400. The van der Waals surface area contributed by atoms with Crippen molar-refractivity contribution in [1.29, 1.82) is 0 Å². The van der Waals surface area contributed by atoms with E-state index in [4.69, 9.17) is 5.11 Å². The molecule has 0 saturated heterocycles. The third kappa shape index (κ3) is 3.35. The van der Waals surface area contributed by atoms with E-state index in [1.807, 2.05) is 12.1 Å². The van der Waals surface area contributed by atoms with Gasteiger partial charge in [0.1, 0.15) is 0 Å². The van der Waals surface area contributed by atoms with Crippen molar-refractivity contribution in [3.8, 4) is 0 Å². The average Bonchev–Trinajstić information content (AvgIpc) is 2.14. The van der Waals surface area contributed by atoms with Gasteiger partial charge in [-0.1, -0.05) is 37.9 Å². The molecule has 1 aromatic carbocycles. The molecule has 0 spiro atoms. The Labute approximate surface area is 101 Å². The van der Waals surface area contributed by atoms with Crippen molar-refractivity contribution >= 4 is 31.9 Å². The minimum atomic E-state index is 0.165. The van der Waals surface area contributed by atoms with Crippen LogP contribution in [0.5, 0.6) is 0 Å². The highest BCUT2D eigenvalue weighted by Crippen LogP contribution is 2.26. The van der Waals surface area contributed by atoms with Crippen LogP contribution in [0.1, 0.15) is 18.5 Å². The molecule has 0 heterocycles. The van der Waals surface area contributed by atoms with Gasteiger partial charge < -0.3 is 10.4 Å². The Kier molecular flexibility index (Phi) is 5.09. The molecule has 0 aromatic heterocycles. The van der Waals surface area contributed by atoms with Crippen LogP contribution in [0.25, 0.3) is 0 Å². The molecule has 2 N–H and O–H groups in total. The molecule has 4 heteroatoms. The molecule has 0 radical (unpaired) electrons. The van der Waals surface area contributed by atoms with Gasteiger partial charge in [0.2, 0.25) is 0 Å². The summed E-state index contributed by atoms with van der Waals surface area (Å²) in [5.41, 5.74) is 1.20. The lowest BCUT2D eigenvalue weighted by atomic mass is 10.1. The Balaban J connectivity index is 2.74. The Morgan fingerprint density at radius 1 is 1.43 bits per heavy atom. The predicted octanol–water partition coefficient (Wildman–Crippen LogP) is 2.85. The summed E-state index contributed by atoms with van der Waals surface area (Å²) in [6.45, 7) is 2.85. The second kappa shape index (κ2) is 5.85. The summed E-state index contributed by atoms with van der Waals surface area (Å²) in [5.74, 6) is 0. The molecule has 78 valence electrons. The molecule has 0 fully saturated rings. The lowest BCUT2D eigenvalue weighted by Gasteiger charge is -2.15. The SMILES string of the molecule is CC(NCCO)c1ccc(Br)cc1Br. The first-order chi connectivity index (χ1) is 6.65. The Hall–Kier alpha value is 0.1000. The maximum absolute atomic E-state index is 8.69. The van der Waals surface area contributed by atoms with Gasteiger partial charge in [0.15, 0.2) is 0 Å². The van der Waals surface area contributed by atoms with Crippen LogP contribution in [-0.2, 0) is 0 Å². The van der Waals surface area contributed by atoms with E-state index >= 15 is 0 Å². The van der Waals surface area contributed by atoms with Crippen molar-refractivity contribution in [2.45, 2.75) is 13.0 Å². The zero-order chi connectivity index (χ0) is 10.6. The van der Waals surface area contributed by atoms with E-state index in [9.17, 15) is 0 Å². The van der Waals surface area contributed by atoms with Gasteiger partial charge in [0, 0.05) is 21.5 Å². The number of benzene rings is 1. The van der Waals surface area contributed by atoms with Crippen LogP contribution in [-0.4, -0.2) is 18.3 Å². The Morgan fingerprint density at radius 2 is 2.14 bits per heavy atom. The molecule has 1 unspecified atom stereocenters. The molecular weight excluding hydrogens is 310 g/mol. The van der Waals surface area contributed by atoms with Gasteiger partial charge >= 0.3 is 0 Å². The van der Waals surface area contributed by atoms with Crippen LogP contribution < -0.4 is 5.32 Å². The van der Waals surface area contributed by atoms with Crippen molar-refractivity contribution in [1.82, 2.24) is 5.32 Å². The predicted molar refractivity (Wildman–Crippen MR) is 65.3 cm³/mol. The van der Waals surface area contributed by atoms with E-state index in [-0.39, 0.29) is 12.6 Å². The Bertz CT molecular complexity index is 304. The number of aliphatic hydroxyl groups excluding tert-OH is 1. The normalized spacial score (nSPS) is 12.9. The summed E-state index contributed by atoms with van der Waals surface area (Å²) in [6, 6.07) is 6.33. The van der Waals surface area contributed by atoms with E-state index in [0.717, 1.165) is 8.95 Å². The average molecular weight is 323 g/mol. The van der Waals surface area contributed by atoms with Crippen LogP contribution in [0.3, 0.4) is 0 Å². The molecular formula is C10H13Br2NO. The van der Waals surface area contributed by atoms with Gasteiger partial charge in [-0.25, -0.2) is 0 Å². The second-order valence-corrected chi connectivity index (χ2v) is 4.84. The molecule has 14 heavy (non-hydrogen) atoms. The standard InChI is InChI=1S/C10H13Br2NO/c1-7(13-4-5-14)9-3-2-8(11)6-10(9)12/h2-3,6-7,13-14H,4-5H2,1H3. The quantitative estimate of drug-likeness (QED) is 0.893. The topological polar surface area (TPSA) is 32.3 Å². The second-order valence-electron chi connectivity index (χ2n) is 3.07. The highest BCUT2D eigenvalue weighted by atomic mass is 79.9. The van der Waals surface area contributed by atoms with Gasteiger partial charge in [0.05, 0.1) is 6.61 Å². The van der Waals surface area contributed by atoms with Crippen LogP contribution in [0, 0.1) is 0 Å². The van der Waals surface area contributed by atoms with Crippen LogP contribution >= 0.6 is 31.9 Å². The molecule has 0 bridgehead atoms. The molecule has 0 aliphatic carbocycles. The number of halogens is 2. The lowest BCUT2D eigenvalue weighted by Crippen LogP contribution is -2.22.